The highest BCUT2D eigenvalue weighted by Gasteiger charge is 2.32. The van der Waals surface area contributed by atoms with Crippen LogP contribution in [0.3, 0.4) is 0 Å². The van der Waals surface area contributed by atoms with Crippen molar-refractivity contribution in [2.24, 2.45) is 0 Å². The Kier molecular flexibility index (Phi) is 5.24. The van der Waals surface area contributed by atoms with Crippen LogP contribution < -0.4 is 15.6 Å². The lowest BCUT2D eigenvalue weighted by Gasteiger charge is -2.29. The van der Waals surface area contributed by atoms with Crippen LogP contribution in [0, 0.1) is 0 Å². The van der Waals surface area contributed by atoms with Gasteiger partial charge < -0.3 is 15.2 Å². The van der Waals surface area contributed by atoms with Crippen LogP contribution in [0.5, 0.6) is 0 Å². The van der Waals surface area contributed by atoms with Gasteiger partial charge in [-0.15, -0.1) is 0 Å². The number of amides is 1. The van der Waals surface area contributed by atoms with Gasteiger partial charge in [0.2, 0.25) is 5.43 Å². The zero-order valence-corrected chi connectivity index (χ0v) is 16.1. The van der Waals surface area contributed by atoms with E-state index in [1.807, 2.05) is 4.90 Å². The Hall–Kier alpha value is -3.29. The topological polar surface area (TPSA) is 65.2 Å². The summed E-state index contributed by atoms with van der Waals surface area (Å²) in [5.74, 6) is -0.758. The average molecular weight is 415 g/mol. The number of aromatic nitrogens is 1. The molecule has 5 nitrogen and oxygen atoms in total. The number of pyridine rings is 1. The summed E-state index contributed by atoms with van der Waals surface area (Å²) in [6, 6.07) is 10.2. The number of fused-ring (bicyclic) bond motifs is 1. The number of nitrogens with zero attached hydrogens (tertiary/aromatic N) is 1. The molecule has 1 aromatic heterocycles. The Morgan fingerprint density at radius 2 is 1.77 bits per heavy atom. The highest BCUT2D eigenvalue weighted by atomic mass is 19.4. The van der Waals surface area contributed by atoms with Crippen molar-refractivity contribution >= 4 is 28.2 Å². The second kappa shape index (κ2) is 7.85. The highest BCUT2D eigenvalue weighted by molar-refractivity contribution is 6.05. The van der Waals surface area contributed by atoms with Gasteiger partial charge in [0, 0.05) is 41.6 Å². The molecule has 1 amide bonds. The van der Waals surface area contributed by atoms with Crippen LogP contribution in [0.1, 0.15) is 35.2 Å². The SMILES string of the molecule is O=C(Nc1cc(N2CCCCC2)cc(C(F)(F)F)c1)c1c[nH]c2ccccc2c1=O. The molecule has 8 heteroatoms. The number of alkyl halides is 3. The second-order valence-electron chi connectivity index (χ2n) is 7.35. The van der Waals surface area contributed by atoms with E-state index in [0.29, 0.717) is 29.7 Å². The third-order valence-electron chi connectivity index (χ3n) is 5.26. The lowest BCUT2D eigenvalue weighted by Crippen LogP contribution is -2.30. The van der Waals surface area contributed by atoms with Gasteiger partial charge in [-0.2, -0.15) is 13.2 Å². The molecule has 4 rings (SSSR count). The van der Waals surface area contributed by atoms with Gasteiger partial charge in [-0.1, -0.05) is 12.1 Å². The maximum Gasteiger partial charge on any atom is 0.416 e. The molecular weight excluding hydrogens is 395 g/mol. The maximum atomic E-state index is 13.4. The maximum absolute atomic E-state index is 13.4. The van der Waals surface area contributed by atoms with Crippen LogP contribution in [0.2, 0.25) is 0 Å². The number of hydrogen-bond donors (Lipinski definition) is 2. The van der Waals surface area contributed by atoms with Gasteiger partial charge in [-0.3, -0.25) is 9.59 Å². The molecule has 1 fully saturated rings. The Morgan fingerprint density at radius 3 is 2.50 bits per heavy atom. The van der Waals surface area contributed by atoms with Gasteiger partial charge in [-0.05, 0) is 49.6 Å². The first-order valence-electron chi connectivity index (χ1n) is 9.72. The Balaban J connectivity index is 1.69. The van der Waals surface area contributed by atoms with Crippen molar-refractivity contribution in [1.29, 1.82) is 0 Å². The van der Waals surface area contributed by atoms with E-state index in [1.54, 1.807) is 24.3 Å². The minimum atomic E-state index is -4.55. The number of para-hydroxylation sites is 1. The van der Waals surface area contributed by atoms with E-state index in [0.717, 1.165) is 31.4 Å². The molecular formula is C22H20F3N3O2. The van der Waals surface area contributed by atoms with Crippen molar-refractivity contribution in [3.8, 4) is 0 Å². The number of rotatable bonds is 3. The van der Waals surface area contributed by atoms with Crippen molar-refractivity contribution in [3.63, 3.8) is 0 Å². The first-order valence-corrected chi connectivity index (χ1v) is 9.72. The number of anilines is 2. The molecule has 2 aromatic carbocycles. The van der Waals surface area contributed by atoms with Crippen molar-refractivity contribution in [2.45, 2.75) is 25.4 Å². The summed E-state index contributed by atoms with van der Waals surface area (Å²) in [6.07, 6.45) is -0.413. The molecule has 3 aromatic rings. The smallest absolute Gasteiger partial charge is 0.371 e. The molecule has 30 heavy (non-hydrogen) atoms. The highest BCUT2D eigenvalue weighted by Crippen LogP contribution is 2.35. The van der Waals surface area contributed by atoms with Gasteiger partial charge in [0.05, 0.1) is 5.56 Å². The predicted octanol–water partition coefficient (Wildman–Crippen LogP) is 4.79. The Labute approximate surface area is 170 Å². The lowest BCUT2D eigenvalue weighted by atomic mass is 10.1. The summed E-state index contributed by atoms with van der Waals surface area (Å²) in [7, 11) is 0. The van der Waals surface area contributed by atoms with Crippen molar-refractivity contribution in [2.75, 3.05) is 23.3 Å². The van der Waals surface area contributed by atoms with E-state index in [4.69, 9.17) is 0 Å². The Bertz CT molecular complexity index is 1150. The van der Waals surface area contributed by atoms with E-state index in [9.17, 15) is 22.8 Å². The van der Waals surface area contributed by atoms with E-state index < -0.39 is 23.1 Å². The van der Waals surface area contributed by atoms with Crippen LogP contribution in [0.4, 0.5) is 24.5 Å². The number of H-pyrrole nitrogens is 1. The van der Waals surface area contributed by atoms with Crippen LogP contribution >= 0.6 is 0 Å². The monoisotopic (exact) mass is 415 g/mol. The van der Waals surface area contributed by atoms with E-state index in [1.165, 1.54) is 12.3 Å². The molecule has 0 atom stereocenters. The van der Waals surface area contributed by atoms with Gasteiger partial charge in [0.1, 0.15) is 5.56 Å². The van der Waals surface area contributed by atoms with E-state index >= 15 is 0 Å². The minimum absolute atomic E-state index is 0.00274. The number of halogens is 3. The third kappa shape index (κ3) is 4.03. The molecule has 0 aliphatic carbocycles. The molecule has 2 heterocycles. The molecule has 0 unspecified atom stereocenters. The predicted molar refractivity (Wildman–Crippen MR) is 110 cm³/mol. The number of benzene rings is 2. The summed E-state index contributed by atoms with van der Waals surface area (Å²) in [5, 5.41) is 2.81. The van der Waals surface area contributed by atoms with Gasteiger partial charge >= 0.3 is 6.18 Å². The molecule has 2 N–H and O–H groups in total. The number of hydrogen-bond acceptors (Lipinski definition) is 3. The quantitative estimate of drug-likeness (QED) is 0.647. The molecule has 0 spiro atoms. The summed E-state index contributed by atoms with van der Waals surface area (Å²) in [4.78, 5) is 30.1. The average Bonchev–Trinajstić information content (AvgIpc) is 2.74. The lowest BCUT2D eigenvalue weighted by molar-refractivity contribution is -0.137. The van der Waals surface area contributed by atoms with Gasteiger partial charge in [-0.25, -0.2) is 0 Å². The third-order valence-corrected chi connectivity index (χ3v) is 5.26. The standard InChI is InChI=1S/C22H20F3N3O2/c23-22(24,25)14-10-15(12-16(11-14)28-8-4-1-5-9-28)27-21(30)18-13-26-19-7-3-2-6-17(19)20(18)29/h2-3,6-7,10-13H,1,4-5,8-9H2,(H,26,29)(H,27,30). The molecule has 0 saturated carbocycles. The largest absolute Gasteiger partial charge is 0.416 e. The zero-order valence-electron chi connectivity index (χ0n) is 16.1. The van der Waals surface area contributed by atoms with Crippen molar-refractivity contribution < 1.29 is 18.0 Å². The number of piperidine rings is 1. The Morgan fingerprint density at radius 1 is 1.03 bits per heavy atom. The van der Waals surface area contributed by atoms with Crippen LogP contribution in [-0.4, -0.2) is 24.0 Å². The van der Waals surface area contributed by atoms with E-state index in [2.05, 4.69) is 10.3 Å². The van der Waals surface area contributed by atoms with Crippen molar-refractivity contribution in [1.82, 2.24) is 4.98 Å². The molecule has 0 bridgehead atoms. The summed E-state index contributed by atoms with van der Waals surface area (Å²) in [6.45, 7) is 1.33. The van der Waals surface area contributed by atoms with Crippen LogP contribution in [0.15, 0.2) is 53.5 Å². The number of carbonyl (C=O) groups excluding carboxylic acids is 1. The number of aromatic amines is 1. The fraction of sp³-hybridized carbons (Fsp3) is 0.273. The molecule has 1 aliphatic heterocycles. The van der Waals surface area contributed by atoms with Crippen LogP contribution in [0.25, 0.3) is 10.9 Å². The fourth-order valence-corrected chi connectivity index (χ4v) is 3.72. The molecule has 1 aliphatic rings. The first kappa shape index (κ1) is 20.0. The number of nitrogens with one attached hydrogen (secondary N) is 2. The van der Waals surface area contributed by atoms with E-state index in [-0.39, 0.29) is 11.3 Å². The summed E-state index contributed by atoms with van der Waals surface area (Å²) >= 11 is 0. The zero-order chi connectivity index (χ0) is 21.3. The summed E-state index contributed by atoms with van der Waals surface area (Å²) < 4.78 is 40.3. The number of carbonyl (C=O) groups is 1. The molecule has 0 radical (unpaired) electrons. The first-order chi connectivity index (χ1) is 14.3. The normalized spacial score (nSPS) is 14.7. The summed E-state index contributed by atoms with van der Waals surface area (Å²) in [5.41, 5.74) is -0.496. The van der Waals surface area contributed by atoms with Crippen molar-refractivity contribution in [3.05, 3.63) is 70.0 Å². The fourth-order valence-electron chi connectivity index (χ4n) is 3.72. The minimum Gasteiger partial charge on any atom is -0.371 e. The molecule has 156 valence electrons. The molecule has 1 saturated heterocycles. The van der Waals surface area contributed by atoms with Crippen LogP contribution in [-0.2, 0) is 6.18 Å². The second-order valence-corrected chi connectivity index (χ2v) is 7.35. The van der Waals surface area contributed by atoms with Gasteiger partial charge in [0.15, 0.2) is 0 Å². The van der Waals surface area contributed by atoms with Gasteiger partial charge in [0.25, 0.3) is 5.91 Å².